The summed E-state index contributed by atoms with van der Waals surface area (Å²) in [5.74, 6) is 0. The lowest BCUT2D eigenvalue weighted by molar-refractivity contribution is 0.590. The van der Waals surface area contributed by atoms with E-state index in [1.807, 2.05) is 11.3 Å². The maximum absolute atomic E-state index is 2.46. The Morgan fingerprint density at radius 2 is 0.980 bits per heavy atom. The summed E-state index contributed by atoms with van der Waals surface area (Å²) in [6.07, 6.45) is 0. The summed E-state index contributed by atoms with van der Waals surface area (Å²) in [7, 11) is 0. The number of benzene rings is 7. The van der Waals surface area contributed by atoms with E-state index in [1.165, 1.54) is 86.2 Å². The van der Waals surface area contributed by atoms with Gasteiger partial charge < -0.3 is 9.13 Å². The van der Waals surface area contributed by atoms with Crippen LogP contribution >= 0.6 is 11.3 Å². The molecule has 0 unspecified atom stereocenters. The molecule has 0 N–H and O–H groups in total. The van der Waals surface area contributed by atoms with E-state index in [0.717, 1.165) is 5.69 Å². The average molecular weight is 647 g/mol. The van der Waals surface area contributed by atoms with E-state index in [-0.39, 0.29) is 5.41 Å². The first-order valence-electron chi connectivity index (χ1n) is 17.0. The van der Waals surface area contributed by atoms with Gasteiger partial charge in [0.2, 0.25) is 0 Å². The summed E-state index contributed by atoms with van der Waals surface area (Å²) >= 11 is 1.90. The third-order valence-electron chi connectivity index (χ3n) is 10.3. The highest BCUT2D eigenvalue weighted by atomic mass is 32.1. The smallest absolute Gasteiger partial charge is 0.0555 e. The summed E-state index contributed by atoms with van der Waals surface area (Å²) in [6, 6.07) is 56.1. The number of fused-ring (bicyclic) bond motifs is 10. The van der Waals surface area contributed by atoms with Crippen molar-refractivity contribution < 1.29 is 0 Å². The van der Waals surface area contributed by atoms with Gasteiger partial charge in [-0.25, -0.2) is 0 Å². The van der Waals surface area contributed by atoms with Crippen LogP contribution in [0.5, 0.6) is 0 Å². The quantitative estimate of drug-likeness (QED) is 0.181. The number of nitrogens with zero attached hydrogens (tertiary/aromatic N) is 2. The lowest BCUT2D eigenvalue weighted by Crippen LogP contribution is -2.10. The third-order valence-corrected chi connectivity index (χ3v) is 11.5. The second-order valence-corrected chi connectivity index (χ2v) is 15.3. The molecule has 0 aliphatic carbocycles. The Balaban J connectivity index is 1.14. The molecule has 3 aromatic heterocycles. The Bertz CT molecular complexity index is 2890. The molecule has 0 aliphatic heterocycles. The average Bonchev–Trinajstić information content (AvgIpc) is 3.79. The fraction of sp³-hybridized carbons (Fsp3) is 0.0870. The molecule has 0 amide bonds. The van der Waals surface area contributed by atoms with Gasteiger partial charge in [-0.1, -0.05) is 118 Å². The molecular weight excluding hydrogens is 613 g/mol. The van der Waals surface area contributed by atoms with Crippen LogP contribution < -0.4 is 0 Å². The molecular formula is C46H34N2S. The first-order valence-corrected chi connectivity index (χ1v) is 17.8. The Morgan fingerprint density at radius 3 is 1.71 bits per heavy atom. The van der Waals surface area contributed by atoms with Gasteiger partial charge in [0.1, 0.15) is 0 Å². The van der Waals surface area contributed by atoms with E-state index < -0.39 is 0 Å². The fourth-order valence-corrected chi connectivity index (χ4v) is 9.12. The highest BCUT2D eigenvalue weighted by molar-refractivity contribution is 7.26. The molecule has 0 saturated carbocycles. The molecule has 0 aliphatic rings. The van der Waals surface area contributed by atoms with Gasteiger partial charge in [0.25, 0.3) is 0 Å². The highest BCUT2D eigenvalue weighted by Crippen LogP contribution is 2.44. The van der Waals surface area contributed by atoms with Crippen molar-refractivity contribution in [1.82, 2.24) is 9.13 Å². The van der Waals surface area contributed by atoms with Gasteiger partial charge >= 0.3 is 0 Å². The minimum Gasteiger partial charge on any atom is -0.309 e. The molecule has 49 heavy (non-hydrogen) atoms. The van der Waals surface area contributed by atoms with Gasteiger partial charge in [-0.15, -0.1) is 11.3 Å². The molecule has 0 spiro atoms. The van der Waals surface area contributed by atoms with Crippen molar-refractivity contribution in [3.8, 4) is 22.5 Å². The number of hydrogen-bond donors (Lipinski definition) is 0. The summed E-state index contributed by atoms with van der Waals surface area (Å²) in [4.78, 5) is 0. The molecule has 2 nitrogen and oxygen atoms in total. The Morgan fingerprint density at radius 1 is 0.429 bits per heavy atom. The van der Waals surface area contributed by atoms with Crippen molar-refractivity contribution in [3.63, 3.8) is 0 Å². The monoisotopic (exact) mass is 646 g/mol. The van der Waals surface area contributed by atoms with Crippen molar-refractivity contribution in [2.45, 2.75) is 26.2 Å². The van der Waals surface area contributed by atoms with Crippen LogP contribution in [0.25, 0.3) is 86.3 Å². The van der Waals surface area contributed by atoms with E-state index in [9.17, 15) is 0 Å². The van der Waals surface area contributed by atoms with Gasteiger partial charge in [-0.3, -0.25) is 0 Å². The molecule has 0 fully saturated rings. The maximum atomic E-state index is 2.46. The molecule has 0 bridgehead atoms. The van der Waals surface area contributed by atoms with Crippen molar-refractivity contribution in [1.29, 1.82) is 0 Å². The maximum Gasteiger partial charge on any atom is 0.0555 e. The van der Waals surface area contributed by atoms with Crippen LogP contribution in [0.4, 0.5) is 0 Å². The van der Waals surface area contributed by atoms with Crippen LogP contribution in [0.3, 0.4) is 0 Å². The molecule has 0 radical (unpaired) electrons. The van der Waals surface area contributed by atoms with E-state index in [4.69, 9.17) is 0 Å². The predicted molar refractivity (Wildman–Crippen MR) is 212 cm³/mol. The second-order valence-electron chi connectivity index (χ2n) is 14.2. The van der Waals surface area contributed by atoms with Crippen LogP contribution in [0, 0.1) is 0 Å². The van der Waals surface area contributed by atoms with Crippen molar-refractivity contribution in [2.75, 3.05) is 0 Å². The highest BCUT2D eigenvalue weighted by Gasteiger charge is 2.19. The summed E-state index contributed by atoms with van der Waals surface area (Å²) in [5.41, 5.74) is 11.2. The zero-order chi connectivity index (χ0) is 32.9. The van der Waals surface area contributed by atoms with Gasteiger partial charge in [0.05, 0.1) is 22.1 Å². The van der Waals surface area contributed by atoms with Crippen LogP contribution in [0.1, 0.15) is 26.3 Å². The standard InChI is InChI=1S/C46H34N2S/c1-46(2,3)31-20-16-29(17-21-31)30-18-22-32(23-19-30)47-39-13-7-4-10-34(39)38-28-33(24-26-41(38)47)48-40-14-8-5-12-37(40)44-42(48)27-25-36-35-11-6-9-15-43(35)49-45(36)44/h4-28H,1-3H3. The predicted octanol–water partition coefficient (Wildman–Crippen LogP) is 13.2. The normalized spacial score (nSPS) is 12.4. The van der Waals surface area contributed by atoms with E-state index in [1.54, 1.807) is 0 Å². The first kappa shape index (κ1) is 28.4. The molecule has 10 aromatic rings. The fourth-order valence-electron chi connectivity index (χ4n) is 7.86. The lowest BCUT2D eigenvalue weighted by atomic mass is 9.86. The zero-order valence-electron chi connectivity index (χ0n) is 27.7. The van der Waals surface area contributed by atoms with Gasteiger partial charge in [0, 0.05) is 53.1 Å². The van der Waals surface area contributed by atoms with E-state index >= 15 is 0 Å². The molecule has 3 heteroatoms. The van der Waals surface area contributed by atoms with Crippen molar-refractivity contribution in [3.05, 3.63) is 157 Å². The number of rotatable bonds is 3. The lowest BCUT2D eigenvalue weighted by Gasteiger charge is -2.19. The summed E-state index contributed by atoms with van der Waals surface area (Å²) < 4.78 is 7.57. The Kier molecular flexibility index (Phi) is 6.04. The molecule has 7 aromatic carbocycles. The van der Waals surface area contributed by atoms with Crippen LogP contribution in [-0.2, 0) is 5.41 Å². The minimum atomic E-state index is 0.145. The van der Waals surface area contributed by atoms with E-state index in [2.05, 4.69) is 182 Å². The van der Waals surface area contributed by atoms with Gasteiger partial charge in [-0.2, -0.15) is 0 Å². The number of thiophene rings is 1. The molecule has 0 atom stereocenters. The Labute approximate surface area is 289 Å². The van der Waals surface area contributed by atoms with E-state index in [0.29, 0.717) is 0 Å². The van der Waals surface area contributed by atoms with Crippen molar-refractivity contribution >= 4 is 75.1 Å². The Hall–Kier alpha value is -5.64. The second kappa shape index (κ2) is 10.4. The van der Waals surface area contributed by atoms with Gasteiger partial charge in [0.15, 0.2) is 0 Å². The minimum absolute atomic E-state index is 0.145. The SMILES string of the molecule is CC(C)(C)c1ccc(-c2ccc(-n3c4ccccc4c4cc(-n5c6ccccc6c6c7sc8ccccc8c7ccc65)ccc43)cc2)cc1. The molecule has 3 heterocycles. The number of para-hydroxylation sites is 2. The number of aromatic nitrogens is 2. The number of hydrogen-bond acceptors (Lipinski definition) is 1. The first-order chi connectivity index (χ1) is 23.9. The van der Waals surface area contributed by atoms with Crippen LogP contribution in [0.15, 0.2) is 152 Å². The van der Waals surface area contributed by atoms with Crippen LogP contribution in [-0.4, -0.2) is 9.13 Å². The van der Waals surface area contributed by atoms with Crippen molar-refractivity contribution in [2.24, 2.45) is 0 Å². The zero-order valence-corrected chi connectivity index (χ0v) is 28.6. The summed E-state index contributed by atoms with van der Waals surface area (Å²) in [5, 5.41) is 7.82. The molecule has 10 rings (SSSR count). The summed E-state index contributed by atoms with van der Waals surface area (Å²) in [6.45, 7) is 6.79. The largest absolute Gasteiger partial charge is 0.309 e. The van der Waals surface area contributed by atoms with Gasteiger partial charge in [-0.05, 0) is 76.7 Å². The third kappa shape index (κ3) is 4.25. The molecule has 0 saturated heterocycles. The molecule has 234 valence electrons. The van der Waals surface area contributed by atoms with Crippen LogP contribution in [0.2, 0.25) is 0 Å². The topological polar surface area (TPSA) is 9.86 Å².